The monoisotopic (exact) mass is 1070 g/mol. The first kappa shape index (κ1) is 65.3. The maximum atomic E-state index is 13.8. The van der Waals surface area contributed by atoms with Crippen LogP contribution in [-0.4, -0.2) is 189 Å². The van der Waals surface area contributed by atoms with Crippen LogP contribution in [-0.2, 0) is 59.2 Å². The molecular formula is C44H73N13O16S. The number of nitrogens with two attached hydrogens (primary N) is 4. The second-order valence-corrected chi connectivity index (χ2v) is 17.6. The molecule has 0 aromatic heterocycles. The highest BCUT2D eigenvalue weighted by molar-refractivity contribution is 7.80. The standard InChI is InChI=1S/C44H73N13O16S/c1-21(36(64)54-30(19-58)40(68)53-29(44(72)73)17-32(48)62)50-42(70)34(22(2)59)57-41(69)31(20-74)55-38(66)28(9-5-7-15-46)52-43(71)35(23(3)60)56-39(67)27(8-4-6-14-45)51-33(63)18-49-37(65)26(47)16-24-10-12-25(61)13-11-24/h10-13,21-23,26-31,34-35,58-61,74H,4-9,14-20,45-47H2,1-3H3,(H2,48,62)(H,49,65)(H,50,70)(H,51,63)(H,52,71)(H,53,68)(H,54,64)(H,55,66)(H,56,67)(H,57,69)(H,72,73)/t21-,22+,23+,26-,27-,28-,29-,30-,31-,34-,35-/m0/s1. The highest BCUT2D eigenvalue weighted by Gasteiger charge is 2.36. The van der Waals surface area contributed by atoms with Crippen LogP contribution in [0.4, 0.5) is 0 Å². The number of amides is 10. The van der Waals surface area contributed by atoms with Crippen LogP contribution in [0.5, 0.6) is 5.75 Å². The molecule has 0 saturated carbocycles. The number of aliphatic hydroxyl groups excluding tert-OH is 3. The number of carbonyl (C=O) groups is 11. The second-order valence-electron chi connectivity index (χ2n) is 17.2. The van der Waals surface area contributed by atoms with E-state index in [2.05, 4.69) is 55.2 Å². The third kappa shape index (κ3) is 23.9. The van der Waals surface area contributed by atoms with Gasteiger partial charge in [0.2, 0.25) is 59.1 Å². The van der Waals surface area contributed by atoms with Crippen molar-refractivity contribution in [2.75, 3.05) is 32.0 Å². The van der Waals surface area contributed by atoms with Crippen LogP contribution in [0.3, 0.4) is 0 Å². The first-order valence-corrected chi connectivity index (χ1v) is 24.2. The Morgan fingerprint density at radius 2 is 1.03 bits per heavy atom. The van der Waals surface area contributed by atoms with E-state index in [-0.39, 0.29) is 44.5 Å². The maximum absolute atomic E-state index is 13.8. The summed E-state index contributed by atoms with van der Waals surface area (Å²) >= 11 is 4.14. The van der Waals surface area contributed by atoms with Gasteiger partial charge in [0.1, 0.15) is 54.1 Å². The Balaban J connectivity index is 3.12. The molecule has 29 nitrogen and oxygen atoms in total. The van der Waals surface area contributed by atoms with Gasteiger partial charge < -0.3 is 96.3 Å². The van der Waals surface area contributed by atoms with Gasteiger partial charge in [-0.05, 0) is 96.5 Å². The number of nitrogens with one attached hydrogen (secondary N) is 9. The molecule has 11 atom stereocenters. The van der Waals surface area contributed by atoms with Gasteiger partial charge in [0, 0.05) is 5.75 Å². The van der Waals surface area contributed by atoms with E-state index in [4.69, 9.17) is 22.9 Å². The van der Waals surface area contributed by atoms with Crippen molar-refractivity contribution < 1.29 is 78.3 Å². The van der Waals surface area contributed by atoms with Gasteiger partial charge in [-0.1, -0.05) is 12.1 Å². The average Bonchev–Trinajstić information content (AvgIpc) is 3.33. The minimum atomic E-state index is -1.79. The number of aromatic hydroxyl groups is 1. The van der Waals surface area contributed by atoms with Gasteiger partial charge in [-0.2, -0.15) is 12.6 Å². The number of phenols is 1. The fourth-order valence-electron chi connectivity index (χ4n) is 6.62. The Hall–Kier alpha value is -6.70. The maximum Gasteiger partial charge on any atom is 0.326 e. The molecule has 0 spiro atoms. The molecule has 0 aliphatic rings. The van der Waals surface area contributed by atoms with Crippen LogP contribution in [0, 0.1) is 0 Å². The second kappa shape index (κ2) is 33.9. The summed E-state index contributed by atoms with van der Waals surface area (Å²) in [7, 11) is 0. The molecule has 416 valence electrons. The van der Waals surface area contributed by atoms with E-state index in [0.29, 0.717) is 24.8 Å². The number of aliphatic hydroxyl groups is 3. The van der Waals surface area contributed by atoms with Gasteiger partial charge in [0.25, 0.3) is 0 Å². The number of primary amides is 1. The summed E-state index contributed by atoms with van der Waals surface area (Å²) in [6, 6.07) is -7.95. The summed E-state index contributed by atoms with van der Waals surface area (Å²) in [5, 5.41) is 70.2. The summed E-state index contributed by atoms with van der Waals surface area (Å²) in [6.07, 6.45) is -2.60. The lowest BCUT2D eigenvalue weighted by Gasteiger charge is -2.28. The van der Waals surface area contributed by atoms with Crippen LogP contribution in [0.2, 0.25) is 0 Å². The molecule has 1 rings (SSSR count). The van der Waals surface area contributed by atoms with Gasteiger partial charge in [-0.3, -0.25) is 47.9 Å². The normalized spacial score (nSPS) is 15.5. The number of unbranched alkanes of at least 4 members (excludes halogenated alkanes) is 2. The zero-order chi connectivity index (χ0) is 56.2. The van der Waals surface area contributed by atoms with E-state index in [1.165, 1.54) is 19.1 Å². The van der Waals surface area contributed by atoms with Crippen LogP contribution in [0.25, 0.3) is 0 Å². The van der Waals surface area contributed by atoms with E-state index in [1.807, 2.05) is 5.32 Å². The summed E-state index contributed by atoms with van der Waals surface area (Å²) in [6.45, 7) is 2.21. The fraction of sp³-hybridized carbons (Fsp3) is 0.614. The molecule has 30 heteroatoms. The number of hydrogen-bond donors (Lipinski definition) is 19. The Kier molecular flexibility index (Phi) is 29.9. The first-order chi connectivity index (χ1) is 34.8. The quantitative estimate of drug-likeness (QED) is 0.0222. The number of benzene rings is 1. The number of carbonyl (C=O) groups excluding carboxylic acids is 10. The van der Waals surface area contributed by atoms with E-state index in [0.717, 1.165) is 13.8 Å². The fourth-order valence-corrected chi connectivity index (χ4v) is 6.88. The van der Waals surface area contributed by atoms with E-state index >= 15 is 0 Å². The largest absolute Gasteiger partial charge is 0.508 e. The van der Waals surface area contributed by atoms with Gasteiger partial charge in [0.05, 0.1) is 37.8 Å². The van der Waals surface area contributed by atoms with Crippen LogP contribution in [0.15, 0.2) is 24.3 Å². The Morgan fingerprint density at radius 1 is 0.581 bits per heavy atom. The Labute approximate surface area is 432 Å². The van der Waals surface area contributed by atoms with Crippen molar-refractivity contribution in [3.05, 3.63) is 29.8 Å². The van der Waals surface area contributed by atoms with Crippen molar-refractivity contribution in [2.24, 2.45) is 22.9 Å². The zero-order valence-electron chi connectivity index (χ0n) is 41.3. The predicted octanol–water partition coefficient (Wildman–Crippen LogP) is -7.82. The Bertz CT molecular complexity index is 2070. The molecule has 1 aromatic carbocycles. The van der Waals surface area contributed by atoms with Crippen molar-refractivity contribution in [2.45, 2.75) is 139 Å². The number of phenolic OH excluding ortho intramolecular Hbond substituents is 1. The predicted molar refractivity (Wildman–Crippen MR) is 265 cm³/mol. The van der Waals surface area contributed by atoms with Crippen molar-refractivity contribution in [1.29, 1.82) is 0 Å². The number of carboxylic acids is 1. The van der Waals surface area contributed by atoms with Crippen molar-refractivity contribution in [3.63, 3.8) is 0 Å². The minimum absolute atomic E-state index is 0.0191. The molecule has 74 heavy (non-hydrogen) atoms. The molecule has 0 aliphatic carbocycles. The molecular weight excluding hydrogens is 999 g/mol. The van der Waals surface area contributed by atoms with E-state index < -0.39 is 157 Å². The van der Waals surface area contributed by atoms with Crippen LogP contribution < -0.4 is 70.8 Å². The lowest BCUT2D eigenvalue weighted by Crippen LogP contribution is -2.62. The molecule has 1 aromatic rings. The summed E-state index contributed by atoms with van der Waals surface area (Å²) in [5.41, 5.74) is 22.9. The number of carboxylic acid groups (broad SMARTS) is 1. The summed E-state index contributed by atoms with van der Waals surface area (Å²) in [4.78, 5) is 142. The molecule has 0 radical (unpaired) electrons. The van der Waals surface area contributed by atoms with Crippen LogP contribution in [0.1, 0.15) is 71.3 Å². The molecule has 22 N–H and O–H groups in total. The third-order valence-corrected chi connectivity index (χ3v) is 11.2. The summed E-state index contributed by atoms with van der Waals surface area (Å²) in [5.74, 6) is -12.1. The van der Waals surface area contributed by atoms with Gasteiger partial charge >= 0.3 is 5.97 Å². The minimum Gasteiger partial charge on any atom is -0.508 e. The van der Waals surface area contributed by atoms with Crippen molar-refractivity contribution in [1.82, 2.24) is 47.9 Å². The van der Waals surface area contributed by atoms with Gasteiger partial charge in [-0.25, -0.2) is 4.79 Å². The molecule has 10 amide bonds. The number of hydrogen-bond acceptors (Lipinski definition) is 19. The number of thiol groups is 1. The molecule has 0 saturated heterocycles. The SMILES string of the molecule is C[C@H](NC(=O)[C@@H](NC(=O)[C@H](CS)NC(=O)[C@H](CCCCN)NC(=O)[C@@H](NC(=O)[C@H](CCCCN)NC(=O)CNC(=O)[C@@H](N)Cc1ccc(O)cc1)[C@@H](C)O)[C@@H](C)O)C(=O)N[C@@H](CO)C(=O)N[C@@H](CC(N)=O)C(=O)O. The average molecular weight is 1070 g/mol. The van der Waals surface area contributed by atoms with Gasteiger partial charge in [-0.15, -0.1) is 0 Å². The molecule has 0 aliphatic heterocycles. The smallest absolute Gasteiger partial charge is 0.326 e. The first-order valence-electron chi connectivity index (χ1n) is 23.5. The lowest BCUT2D eigenvalue weighted by atomic mass is 10.0. The summed E-state index contributed by atoms with van der Waals surface area (Å²) < 4.78 is 0. The lowest BCUT2D eigenvalue weighted by molar-refractivity contribution is -0.144. The van der Waals surface area contributed by atoms with Crippen molar-refractivity contribution in [3.8, 4) is 5.75 Å². The number of rotatable bonds is 35. The highest BCUT2D eigenvalue weighted by Crippen LogP contribution is 2.11. The topological polar surface area (TPSA) is 501 Å². The van der Waals surface area contributed by atoms with Crippen molar-refractivity contribution >= 4 is 77.7 Å². The van der Waals surface area contributed by atoms with Crippen LogP contribution >= 0.6 is 12.6 Å². The third-order valence-electron chi connectivity index (χ3n) is 10.9. The van der Waals surface area contributed by atoms with Gasteiger partial charge in [0.15, 0.2) is 0 Å². The molecule has 0 unspecified atom stereocenters. The zero-order valence-corrected chi connectivity index (χ0v) is 42.2. The number of aliphatic carboxylic acids is 1. The molecule has 0 bridgehead atoms. The molecule has 0 fully saturated rings. The Morgan fingerprint density at radius 3 is 1.50 bits per heavy atom. The highest BCUT2D eigenvalue weighted by atomic mass is 32.1. The van der Waals surface area contributed by atoms with E-state index in [9.17, 15) is 78.3 Å². The van der Waals surface area contributed by atoms with E-state index in [1.54, 1.807) is 12.1 Å². The molecule has 0 heterocycles.